The molecule has 1 aromatic carbocycles. The van der Waals surface area contributed by atoms with Gasteiger partial charge in [-0.3, -0.25) is 9.20 Å². The average molecular weight is 267 g/mol. The largest absolute Gasteiger partial charge is 0.326 e. The molecular formula is C14H13N5O. The van der Waals surface area contributed by atoms with Gasteiger partial charge in [0.05, 0.1) is 11.9 Å². The van der Waals surface area contributed by atoms with Crippen LogP contribution in [0.2, 0.25) is 0 Å². The van der Waals surface area contributed by atoms with Gasteiger partial charge in [-0.25, -0.2) is 4.98 Å². The van der Waals surface area contributed by atoms with E-state index in [1.807, 2.05) is 37.4 Å². The standard InChI is InChI=1S/C14H13N5O/c1-2-13(20)16-11-5-3-4-10(8-11)12-9-19-7-6-15-18-14(19)17-12/h3-9H,2H2,1H3,(H,16,20). The Bertz CT molecular complexity index is 732. The maximum atomic E-state index is 11.4. The number of benzene rings is 1. The Labute approximate surface area is 115 Å². The Hall–Kier alpha value is -2.76. The summed E-state index contributed by atoms with van der Waals surface area (Å²) in [5.41, 5.74) is 2.47. The number of amides is 1. The van der Waals surface area contributed by atoms with Crippen LogP contribution in [0.25, 0.3) is 17.0 Å². The van der Waals surface area contributed by atoms with Crippen LogP contribution >= 0.6 is 0 Å². The van der Waals surface area contributed by atoms with Crippen LogP contribution in [0, 0.1) is 0 Å². The van der Waals surface area contributed by atoms with E-state index in [2.05, 4.69) is 20.5 Å². The molecule has 6 heteroatoms. The number of nitrogens with one attached hydrogen (secondary N) is 1. The van der Waals surface area contributed by atoms with Crippen LogP contribution in [-0.2, 0) is 4.79 Å². The van der Waals surface area contributed by atoms with Gasteiger partial charge in [-0.1, -0.05) is 19.1 Å². The monoisotopic (exact) mass is 267 g/mol. The van der Waals surface area contributed by atoms with E-state index in [1.165, 1.54) is 0 Å². The van der Waals surface area contributed by atoms with E-state index >= 15 is 0 Å². The molecule has 1 N–H and O–H groups in total. The molecule has 0 aliphatic heterocycles. The number of hydrogen-bond donors (Lipinski definition) is 1. The van der Waals surface area contributed by atoms with Crippen molar-refractivity contribution in [2.75, 3.05) is 5.32 Å². The van der Waals surface area contributed by atoms with Gasteiger partial charge in [-0.15, -0.1) is 5.10 Å². The van der Waals surface area contributed by atoms with E-state index in [0.717, 1.165) is 16.9 Å². The maximum absolute atomic E-state index is 11.4. The second kappa shape index (κ2) is 5.08. The normalized spacial score (nSPS) is 10.7. The number of imidazole rings is 1. The number of rotatable bonds is 3. The molecule has 0 saturated carbocycles. The van der Waals surface area contributed by atoms with Gasteiger partial charge in [0.25, 0.3) is 5.78 Å². The van der Waals surface area contributed by atoms with Crippen LogP contribution in [0.1, 0.15) is 13.3 Å². The second-order valence-electron chi connectivity index (χ2n) is 4.33. The fraction of sp³-hybridized carbons (Fsp3) is 0.143. The highest BCUT2D eigenvalue weighted by molar-refractivity contribution is 5.91. The third kappa shape index (κ3) is 2.35. The first-order chi connectivity index (χ1) is 9.76. The molecular weight excluding hydrogens is 254 g/mol. The van der Waals surface area contributed by atoms with Gasteiger partial charge < -0.3 is 5.32 Å². The number of carbonyl (C=O) groups excluding carboxylic acids is 1. The predicted molar refractivity (Wildman–Crippen MR) is 75.1 cm³/mol. The first kappa shape index (κ1) is 12.3. The number of nitrogens with zero attached hydrogens (tertiary/aromatic N) is 4. The third-order valence-corrected chi connectivity index (χ3v) is 2.92. The highest BCUT2D eigenvalue weighted by Crippen LogP contribution is 2.21. The van der Waals surface area contributed by atoms with Gasteiger partial charge in [0.15, 0.2) is 0 Å². The van der Waals surface area contributed by atoms with Crippen LogP contribution in [0.15, 0.2) is 42.9 Å². The van der Waals surface area contributed by atoms with Gasteiger partial charge in [0.2, 0.25) is 5.91 Å². The van der Waals surface area contributed by atoms with Gasteiger partial charge >= 0.3 is 0 Å². The number of aromatic nitrogens is 4. The molecule has 2 aromatic heterocycles. The van der Waals surface area contributed by atoms with Crippen molar-refractivity contribution in [3.63, 3.8) is 0 Å². The van der Waals surface area contributed by atoms with Gasteiger partial charge in [0, 0.05) is 30.1 Å². The van der Waals surface area contributed by atoms with E-state index in [1.54, 1.807) is 16.8 Å². The molecule has 0 saturated heterocycles. The highest BCUT2D eigenvalue weighted by Gasteiger charge is 2.06. The van der Waals surface area contributed by atoms with Crippen molar-refractivity contribution in [1.82, 2.24) is 19.6 Å². The van der Waals surface area contributed by atoms with E-state index in [-0.39, 0.29) is 5.91 Å². The molecule has 3 aromatic rings. The number of fused-ring (bicyclic) bond motifs is 1. The summed E-state index contributed by atoms with van der Waals surface area (Å²) in [4.78, 5) is 15.8. The van der Waals surface area contributed by atoms with Crippen molar-refractivity contribution in [1.29, 1.82) is 0 Å². The lowest BCUT2D eigenvalue weighted by molar-refractivity contribution is -0.115. The molecule has 20 heavy (non-hydrogen) atoms. The molecule has 0 bridgehead atoms. The minimum Gasteiger partial charge on any atom is -0.326 e. The zero-order valence-corrected chi connectivity index (χ0v) is 10.9. The van der Waals surface area contributed by atoms with Crippen molar-refractivity contribution in [3.8, 4) is 11.3 Å². The lowest BCUT2D eigenvalue weighted by Gasteiger charge is -2.04. The third-order valence-electron chi connectivity index (χ3n) is 2.92. The quantitative estimate of drug-likeness (QED) is 0.789. The fourth-order valence-electron chi connectivity index (χ4n) is 1.90. The molecule has 0 fully saturated rings. The van der Waals surface area contributed by atoms with Crippen LogP contribution in [0.3, 0.4) is 0 Å². The summed E-state index contributed by atoms with van der Waals surface area (Å²) < 4.78 is 1.81. The Morgan fingerprint density at radius 2 is 2.30 bits per heavy atom. The lowest BCUT2D eigenvalue weighted by Crippen LogP contribution is -2.09. The maximum Gasteiger partial charge on any atom is 0.254 e. The lowest BCUT2D eigenvalue weighted by atomic mass is 10.1. The molecule has 100 valence electrons. The first-order valence-corrected chi connectivity index (χ1v) is 6.33. The predicted octanol–water partition coefficient (Wildman–Crippen LogP) is 2.14. The average Bonchev–Trinajstić information content (AvgIpc) is 2.91. The Kier molecular flexibility index (Phi) is 3.12. The minimum atomic E-state index is -0.0111. The smallest absolute Gasteiger partial charge is 0.254 e. The molecule has 0 unspecified atom stereocenters. The summed E-state index contributed by atoms with van der Waals surface area (Å²) in [5.74, 6) is 0.536. The Balaban J connectivity index is 1.97. The van der Waals surface area contributed by atoms with E-state index in [4.69, 9.17) is 0 Å². The molecule has 0 aliphatic carbocycles. The van der Waals surface area contributed by atoms with Crippen molar-refractivity contribution in [2.24, 2.45) is 0 Å². The summed E-state index contributed by atoms with van der Waals surface area (Å²) >= 11 is 0. The summed E-state index contributed by atoms with van der Waals surface area (Å²) in [7, 11) is 0. The summed E-state index contributed by atoms with van der Waals surface area (Å²) in [6.45, 7) is 1.82. The summed E-state index contributed by atoms with van der Waals surface area (Å²) in [5, 5.41) is 10.6. The summed E-state index contributed by atoms with van der Waals surface area (Å²) in [6.07, 6.45) is 5.73. The molecule has 0 spiro atoms. The topological polar surface area (TPSA) is 72.2 Å². The van der Waals surface area contributed by atoms with Gasteiger partial charge in [0.1, 0.15) is 0 Å². The molecule has 0 radical (unpaired) electrons. The molecule has 6 nitrogen and oxygen atoms in total. The van der Waals surface area contributed by atoms with Crippen LogP contribution in [0.5, 0.6) is 0 Å². The SMILES string of the molecule is CCC(=O)Nc1cccc(-c2cn3ccnnc3n2)c1. The fourth-order valence-corrected chi connectivity index (χ4v) is 1.90. The second-order valence-corrected chi connectivity index (χ2v) is 4.33. The number of anilines is 1. The van der Waals surface area contributed by atoms with Crippen LogP contribution < -0.4 is 5.32 Å². The number of hydrogen-bond acceptors (Lipinski definition) is 4. The van der Waals surface area contributed by atoms with Crippen molar-refractivity contribution in [2.45, 2.75) is 13.3 Å². The summed E-state index contributed by atoms with van der Waals surface area (Å²) in [6, 6.07) is 7.57. The first-order valence-electron chi connectivity index (χ1n) is 6.33. The zero-order chi connectivity index (χ0) is 13.9. The van der Waals surface area contributed by atoms with Crippen molar-refractivity contribution >= 4 is 17.4 Å². The van der Waals surface area contributed by atoms with Gasteiger partial charge in [-0.2, -0.15) is 5.10 Å². The molecule has 3 rings (SSSR count). The van der Waals surface area contributed by atoms with Crippen LogP contribution in [-0.4, -0.2) is 25.5 Å². The molecule has 0 atom stereocenters. The van der Waals surface area contributed by atoms with Gasteiger partial charge in [-0.05, 0) is 12.1 Å². The minimum absolute atomic E-state index is 0.0111. The highest BCUT2D eigenvalue weighted by atomic mass is 16.1. The van der Waals surface area contributed by atoms with E-state index in [0.29, 0.717) is 12.2 Å². The van der Waals surface area contributed by atoms with E-state index < -0.39 is 0 Å². The van der Waals surface area contributed by atoms with E-state index in [9.17, 15) is 4.79 Å². The molecule has 1 amide bonds. The van der Waals surface area contributed by atoms with Crippen LogP contribution in [0.4, 0.5) is 5.69 Å². The molecule has 2 heterocycles. The van der Waals surface area contributed by atoms with Crippen molar-refractivity contribution in [3.05, 3.63) is 42.9 Å². The zero-order valence-electron chi connectivity index (χ0n) is 10.9. The molecule has 0 aliphatic rings. The van der Waals surface area contributed by atoms with Crippen molar-refractivity contribution < 1.29 is 4.79 Å². The number of carbonyl (C=O) groups is 1. The Morgan fingerprint density at radius 3 is 3.10 bits per heavy atom. The Morgan fingerprint density at radius 1 is 1.40 bits per heavy atom.